The molecule has 0 radical (unpaired) electrons. The highest BCUT2D eigenvalue weighted by Gasteiger charge is 2.21. The van der Waals surface area contributed by atoms with Crippen molar-refractivity contribution in [2.75, 3.05) is 32.8 Å². The van der Waals surface area contributed by atoms with Gasteiger partial charge in [-0.15, -0.1) is 0 Å². The fourth-order valence-electron chi connectivity index (χ4n) is 2.84. The largest absolute Gasteiger partial charge is 0.492 e. The summed E-state index contributed by atoms with van der Waals surface area (Å²) in [6.45, 7) is 7.46. The molecule has 4 heteroatoms. The molecule has 1 heterocycles. The van der Waals surface area contributed by atoms with Crippen LogP contribution < -0.4 is 10.1 Å². The SMILES string of the molecule is CCCNCC1CCCCN1CCOc1ccc(Br)cc1. The van der Waals surface area contributed by atoms with Gasteiger partial charge in [0.15, 0.2) is 0 Å². The number of nitrogens with one attached hydrogen (secondary N) is 1. The molecule has 1 aliphatic heterocycles. The Morgan fingerprint density at radius 2 is 2.10 bits per heavy atom. The van der Waals surface area contributed by atoms with Gasteiger partial charge in [-0.1, -0.05) is 29.3 Å². The minimum Gasteiger partial charge on any atom is -0.492 e. The van der Waals surface area contributed by atoms with E-state index in [1.165, 1.54) is 32.2 Å². The molecule has 0 spiro atoms. The van der Waals surface area contributed by atoms with Crippen molar-refractivity contribution in [1.82, 2.24) is 10.2 Å². The number of ether oxygens (including phenoxy) is 1. The van der Waals surface area contributed by atoms with Gasteiger partial charge in [0.2, 0.25) is 0 Å². The molecule has 3 nitrogen and oxygen atoms in total. The van der Waals surface area contributed by atoms with Crippen LogP contribution in [0.15, 0.2) is 28.7 Å². The zero-order valence-corrected chi connectivity index (χ0v) is 14.6. The van der Waals surface area contributed by atoms with Crippen LogP contribution in [0.1, 0.15) is 32.6 Å². The van der Waals surface area contributed by atoms with Gasteiger partial charge in [-0.25, -0.2) is 0 Å². The van der Waals surface area contributed by atoms with Crippen LogP contribution in [0.4, 0.5) is 0 Å². The van der Waals surface area contributed by atoms with Crippen molar-refractivity contribution in [2.45, 2.75) is 38.6 Å². The van der Waals surface area contributed by atoms with Crippen molar-refractivity contribution >= 4 is 15.9 Å². The summed E-state index contributed by atoms with van der Waals surface area (Å²) in [5.41, 5.74) is 0. The van der Waals surface area contributed by atoms with E-state index < -0.39 is 0 Å². The van der Waals surface area contributed by atoms with Crippen molar-refractivity contribution in [3.63, 3.8) is 0 Å². The molecule has 1 N–H and O–H groups in total. The third-order valence-corrected chi connectivity index (χ3v) is 4.55. The number of benzene rings is 1. The number of hydrogen-bond acceptors (Lipinski definition) is 3. The minimum absolute atomic E-state index is 0.679. The van der Waals surface area contributed by atoms with Crippen LogP contribution in [0, 0.1) is 0 Å². The monoisotopic (exact) mass is 354 g/mol. The molecule has 0 aromatic heterocycles. The van der Waals surface area contributed by atoms with Crippen molar-refractivity contribution < 1.29 is 4.74 Å². The maximum Gasteiger partial charge on any atom is 0.119 e. The maximum atomic E-state index is 5.85. The van der Waals surface area contributed by atoms with Gasteiger partial charge < -0.3 is 10.1 Å². The molecule has 2 rings (SSSR count). The molecule has 1 unspecified atom stereocenters. The fraction of sp³-hybridized carbons (Fsp3) is 0.647. The number of hydrogen-bond donors (Lipinski definition) is 1. The quantitative estimate of drug-likeness (QED) is 0.720. The summed E-state index contributed by atoms with van der Waals surface area (Å²) in [4.78, 5) is 2.59. The first-order valence-corrected chi connectivity index (χ1v) is 8.92. The second-order valence-corrected chi connectivity index (χ2v) is 6.61. The summed E-state index contributed by atoms with van der Waals surface area (Å²) in [5.74, 6) is 0.955. The van der Waals surface area contributed by atoms with E-state index in [2.05, 4.69) is 33.1 Å². The highest BCUT2D eigenvalue weighted by atomic mass is 79.9. The average molecular weight is 355 g/mol. The molecule has 1 aromatic rings. The minimum atomic E-state index is 0.679. The van der Waals surface area contributed by atoms with Gasteiger partial charge in [0.05, 0.1) is 0 Å². The fourth-order valence-corrected chi connectivity index (χ4v) is 3.11. The lowest BCUT2D eigenvalue weighted by Crippen LogP contribution is -2.47. The van der Waals surface area contributed by atoms with Gasteiger partial charge >= 0.3 is 0 Å². The second kappa shape index (κ2) is 9.44. The zero-order chi connectivity index (χ0) is 14.9. The Hall–Kier alpha value is -0.580. The third-order valence-electron chi connectivity index (χ3n) is 4.02. The lowest BCUT2D eigenvalue weighted by atomic mass is 10.0. The van der Waals surface area contributed by atoms with Crippen LogP contribution in [0.3, 0.4) is 0 Å². The zero-order valence-electron chi connectivity index (χ0n) is 13.0. The van der Waals surface area contributed by atoms with Crippen LogP contribution in [0.25, 0.3) is 0 Å². The lowest BCUT2D eigenvalue weighted by Gasteiger charge is -2.35. The van der Waals surface area contributed by atoms with E-state index in [4.69, 9.17) is 4.74 Å². The topological polar surface area (TPSA) is 24.5 Å². The van der Waals surface area contributed by atoms with Crippen LogP contribution in [0.5, 0.6) is 5.75 Å². The molecule has 1 saturated heterocycles. The lowest BCUT2D eigenvalue weighted by molar-refractivity contribution is 0.121. The molecular weight excluding hydrogens is 328 g/mol. The number of halogens is 1. The first kappa shape index (κ1) is 16.8. The van der Waals surface area contributed by atoms with Gasteiger partial charge in [-0.2, -0.15) is 0 Å². The van der Waals surface area contributed by atoms with Crippen LogP contribution >= 0.6 is 15.9 Å². The van der Waals surface area contributed by atoms with Gasteiger partial charge in [-0.05, 0) is 56.6 Å². The summed E-state index contributed by atoms with van der Waals surface area (Å²) >= 11 is 3.44. The molecular formula is C17H27BrN2O. The van der Waals surface area contributed by atoms with E-state index in [9.17, 15) is 0 Å². The van der Waals surface area contributed by atoms with Crippen LogP contribution in [-0.4, -0.2) is 43.7 Å². The van der Waals surface area contributed by atoms with Gasteiger partial charge in [0, 0.05) is 23.6 Å². The molecule has 0 aliphatic carbocycles. The van der Waals surface area contributed by atoms with E-state index in [1.807, 2.05) is 24.3 Å². The molecule has 118 valence electrons. The Labute approximate surface area is 137 Å². The van der Waals surface area contributed by atoms with Crippen molar-refractivity contribution in [3.8, 4) is 5.75 Å². The molecule has 1 aliphatic rings. The Balaban J connectivity index is 1.72. The van der Waals surface area contributed by atoms with E-state index in [0.717, 1.165) is 36.5 Å². The molecule has 0 saturated carbocycles. The Kier molecular flexibility index (Phi) is 7.54. The Morgan fingerprint density at radius 1 is 1.29 bits per heavy atom. The standard InChI is InChI=1S/C17H27BrN2O/c1-2-10-19-14-16-5-3-4-11-20(16)12-13-21-17-8-6-15(18)7-9-17/h6-9,16,19H,2-5,10-14H2,1H3. The van der Waals surface area contributed by atoms with Gasteiger partial charge in [-0.3, -0.25) is 4.90 Å². The molecule has 0 bridgehead atoms. The van der Waals surface area contributed by atoms with E-state index in [-0.39, 0.29) is 0 Å². The number of piperidine rings is 1. The normalized spacial score (nSPS) is 19.6. The first-order chi connectivity index (χ1) is 10.3. The summed E-state index contributed by atoms with van der Waals surface area (Å²) in [6, 6.07) is 8.75. The molecule has 21 heavy (non-hydrogen) atoms. The molecule has 0 amide bonds. The van der Waals surface area contributed by atoms with Gasteiger partial charge in [0.1, 0.15) is 12.4 Å². The summed E-state index contributed by atoms with van der Waals surface area (Å²) in [6.07, 6.45) is 5.21. The van der Waals surface area contributed by atoms with E-state index >= 15 is 0 Å². The number of nitrogens with zero attached hydrogens (tertiary/aromatic N) is 1. The predicted octanol–water partition coefficient (Wildman–Crippen LogP) is 3.68. The molecule has 1 aromatic carbocycles. The average Bonchev–Trinajstić information content (AvgIpc) is 2.51. The smallest absolute Gasteiger partial charge is 0.119 e. The Bertz CT molecular complexity index is 396. The second-order valence-electron chi connectivity index (χ2n) is 5.69. The number of likely N-dealkylation sites (tertiary alicyclic amines) is 1. The van der Waals surface area contributed by atoms with Crippen molar-refractivity contribution in [2.24, 2.45) is 0 Å². The van der Waals surface area contributed by atoms with Crippen LogP contribution in [-0.2, 0) is 0 Å². The van der Waals surface area contributed by atoms with Gasteiger partial charge in [0.25, 0.3) is 0 Å². The predicted molar refractivity (Wildman–Crippen MR) is 92.0 cm³/mol. The van der Waals surface area contributed by atoms with Crippen LogP contribution in [0.2, 0.25) is 0 Å². The third kappa shape index (κ3) is 5.97. The van der Waals surface area contributed by atoms with E-state index in [1.54, 1.807) is 0 Å². The summed E-state index contributed by atoms with van der Waals surface area (Å²) < 4.78 is 6.95. The first-order valence-electron chi connectivity index (χ1n) is 8.12. The van der Waals surface area contributed by atoms with Crippen molar-refractivity contribution in [1.29, 1.82) is 0 Å². The van der Waals surface area contributed by atoms with Crippen molar-refractivity contribution in [3.05, 3.63) is 28.7 Å². The summed E-state index contributed by atoms with van der Waals surface area (Å²) in [7, 11) is 0. The van der Waals surface area contributed by atoms with E-state index in [0.29, 0.717) is 6.04 Å². The molecule has 1 fully saturated rings. The highest BCUT2D eigenvalue weighted by molar-refractivity contribution is 9.10. The molecule has 1 atom stereocenters. The number of rotatable bonds is 8. The Morgan fingerprint density at radius 3 is 2.86 bits per heavy atom. The summed E-state index contributed by atoms with van der Waals surface area (Å²) in [5, 5.41) is 3.56. The highest BCUT2D eigenvalue weighted by Crippen LogP contribution is 2.18. The maximum absolute atomic E-state index is 5.85.